The van der Waals surface area contributed by atoms with Gasteiger partial charge < -0.3 is 14.6 Å². The Kier molecular flexibility index (Phi) is 16.4. The van der Waals surface area contributed by atoms with Gasteiger partial charge in [-0.1, -0.05) is 88.6 Å². The first-order valence-electron chi connectivity index (χ1n) is 12.6. The van der Waals surface area contributed by atoms with E-state index >= 15 is 0 Å². The van der Waals surface area contributed by atoms with Gasteiger partial charge in [-0.3, -0.25) is 9.59 Å². The topological polar surface area (TPSA) is 72.8 Å². The molecule has 182 valence electrons. The Hall–Kier alpha value is -1.88. The van der Waals surface area contributed by atoms with E-state index in [0.29, 0.717) is 6.61 Å². The number of hydrogen-bond donors (Lipinski definition) is 1. The van der Waals surface area contributed by atoms with Crippen molar-refractivity contribution in [3.05, 3.63) is 35.9 Å². The standard InChI is InChI=1S/C27H44O5/c1-3-4-5-7-14-19-26(32-23(2)28)21-25(31-22-24-16-11-10-12-17-24)18-13-8-6-9-15-20-27(29)30/h10-12,16-17,25-26H,3-9,13-15,18-22H2,1-2H3,(H,29,30). The predicted octanol–water partition coefficient (Wildman–Crippen LogP) is 7.07. The van der Waals surface area contributed by atoms with Crippen molar-refractivity contribution in [1.29, 1.82) is 0 Å². The van der Waals surface area contributed by atoms with E-state index in [1.54, 1.807) is 0 Å². The molecule has 1 rings (SSSR count). The lowest BCUT2D eigenvalue weighted by Crippen LogP contribution is -2.25. The monoisotopic (exact) mass is 448 g/mol. The van der Waals surface area contributed by atoms with Gasteiger partial charge in [0.25, 0.3) is 0 Å². The lowest BCUT2D eigenvalue weighted by atomic mass is 9.99. The maximum atomic E-state index is 11.7. The summed E-state index contributed by atoms with van der Waals surface area (Å²) in [6, 6.07) is 10.2. The molecule has 0 aromatic heterocycles. The summed E-state index contributed by atoms with van der Waals surface area (Å²) in [5.74, 6) is -0.936. The van der Waals surface area contributed by atoms with Crippen LogP contribution in [0.15, 0.2) is 30.3 Å². The molecule has 2 unspecified atom stereocenters. The minimum absolute atomic E-state index is 0.0502. The molecule has 2 atom stereocenters. The number of ether oxygens (including phenoxy) is 2. The minimum atomic E-state index is -0.717. The summed E-state index contributed by atoms with van der Waals surface area (Å²) < 4.78 is 11.9. The Bertz CT molecular complexity index is 601. The first kappa shape index (κ1) is 28.2. The van der Waals surface area contributed by atoms with Crippen molar-refractivity contribution < 1.29 is 24.2 Å². The van der Waals surface area contributed by atoms with Crippen LogP contribution in [-0.4, -0.2) is 29.3 Å². The van der Waals surface area contributed by atoms with Crippen LogP contribution < -0.4 is 0 Å². The molecule has 0 fully saturated rings. The van der Waals surface area contributed by atoms with Crippen LogP contribution in [0.25, 0.3) is 0 Å². The van der Waals surface area contributed by atoms with Gasteiger partial charge in [0.1, 0.15) is 6.10 Å². The zero-order chi connectivity index (χ0) is 23.4. The molecule has 5 heteroatoms. The number of carboxylic acid groups (broad SMARTS) is 1. The highest BCUT2D eigenvalue weighted by atomic mass is 16.5. The van der Waals surface area contributed by atoms with Crippen LogP contribution in [-0.2, 0) is 25.7 Å². The van der Waals surface area contributed by atoms with Crippen LogP contribution >= 0.6 is 0 Å². The molecule has 0 saturated carbocycles. The van der Waals surface area contributed by atoms with Crippen LogP contribution in [0.2, 0.25) is 0 Å². The Morgan fingerprint density at radius 3 is 2.06 bits per heavy atom. The van der Waals surface area contributed by atoms with E-state index in [4.69, 9.17) is 14.6 Å². The van der Waals surface area contributed by atoms with E-state index in [2.05, 4.69) is 19.1 Å². The van der Waals surface area contributed by atoms with Gasteiger partial charge in [0.15, 0.2) is 0 Å². The molecule has 0 aliphatic carbocycles. The molecule has 32 heavy (non-hydrogen) atoms. The first-order chi connectivity index (χ1) is 15.5. The number of aliphatic carboxylic acids is 1. The maximum absolute atomic E-state index is 11.7. The lowest BCUT2D eigenvalue weighted by molar-refractivity contribution is -0.149. The predicted molar refractivity (Wildman–Crippen MR) is 129 cm³/mol. The number of benzene rings is 1. The molecular formula is C27H44O5. The number of carboxylic acids is 1. The number of rotatable bonds is 20. The normalized spacial score (nSPS) is 12.9. The maximum Gasteiger partial charge on any atom is 0.303 e. The molecule has 0 aliphatic rings. The number of carbonyl (C=O) groups is 2. The van der Waals surface area contributed by atoms with Crippen molar-refractivity contribution in [3.8, 4) is 0 Å². The molecule has 1 aromatic rings. The summed E-state index contributed by atoms with van der Waals surface area (Å²) >= 11 is 0. The zero-order valence-corrected chi connectivity index (χ0v) is 20.2. The smallest absolute Gasteiger partial charge is 0.303 e. The minimum Gasteiger partial charge on any atom is -0.481 e. The number of esters is 1. The Morgan fingerprint density at radius 1 is 0.844 bits per heavy atom. The first-order valence-corrected chi connectivity index (χ1v) is 12.6. The molecular weight excluding hydrogens is 404 g/mol. The largest absolute Gasteiger partial charge is 0.481 e. The Labute approximate surface area is 194 Å². The number of unbranched alkanes of at least 4 members (excludes halogenated alkanes) is 8. The summed E-state index contributed by atoms with van der Waals surface area (Å²) in [6.07, 6.45) is 13.6. The number of carbonyl (C=O) groups excluding carboxylic acids is 1. The van der Waals surface area contributed by atoms with Gasteiger partial charge in [-0.25, -0.2) is 0 Å². The lowest BCUT2D eigenvalue weighted by Gasteiger charge is -2.24. The van der Waals surface area contributed by atoms with Crippen molar-refractivity contribution in [2.45, 2.75) is 123 Å². The van der Waals surface area contributed by atoms with E-state index in [0.717, 1.165) is 63.4 Å². The molecule has 0 bridgehead atoms. The highest BCUT2D eigenvalue weighted by Gasteiger charge is 2.19. The van der Waals surface area contributed by atoms with Crippen molar-refractivity contribution in [2.24, 2.45) is 0 Å². The molecule has 0 aliphatic heterocycles. The second-order valence-corrected chi connectivity index (χ2v) is 8.79. The molecule has 1 aromatic carbocycles. The molecule has 0 amide bonds. The fourth-order valence-corrected chi connectivity index (χ4v) is 3.96. The Morgan fingerprint density at radius 2 is 1.44 bits per heavy atom. The van der Waals surface area contributed by atoms with Gasteiger partial charge in [0, 0.05) is 19.8 Å². The highest BCUT2D eigenvalue weighted by molar-refractivity contribution is 5.66. The molecule has 1 N–H and O–H groups in total. The van der Waals surface area contributed by atoms with Gasteiger partial charge in [-0.05, 0) is 31.2 Å². The van der Waals surface area contributed by atoms with Crippen LogP contribution in [0.1, 0.15) is 109 Å². The van der Waals surface area contributed by atoms with E-state index < -0.39 is 5.97 Å². The zero-order valence-electron chi connectivity index (χ0n) is 20.2. The van der Waals surface area contributed by atoms with Gasteiger partial charge >= 0.3 is 11.9 Å². The van der Waals surface area contributed by atoms with Crippen LogP contribution in [0.3, 0.4) is 0 Å². The summed E-state index contributed by atoms with van der Waals surface area (Å²) in [4.78, 5) is 22.3. The van der Waals surface area contributed by atoms with Crippen molar-refractivity contribution in [1.82, 2.24) is 0 Å². The summed E-state index contributed by atoms with van der Waals surface area (Å²) in [6.45, 7) is 4.26. The van der Waals surface area contributed by atoms with Crippen molar-refractivity contribution in [2.75, 3.05) is 0 Å². The Balaban J connectivity index is 2.52. The third kappa shape index (κ3) is 15.9. The van der Waals surface area contributed by atoms with Crippen LogP contribution in [0.5, 0.6) is 0 Å². The summed E-state index contributed by atoms with van der Waals surface area (Å²) in [5.41, 5.74) is 1.15. The third-order valence-corrected chi connectivity index (χ3v) is 5.73. The van der Waals surface area contributed by atoms with Crippen LogP contribution in [0, 0.1) is 0 Å². The fourth-order valence-electron chi connectivity index (χ4n) is 3.96. The number of hydrogen-bond acceptors (Lipinski definition) is 4. The van der Waals surface area contributed by atoms with Crippen LogP contribution in [0.4, 0.5) is 0 Å². The van der Waals surface area contributed by atoms with E-state index in [-0.39, 0.29) is 24.6 Å². The van der Waals surface area contributed by atoms with Gasteiger partial charge in [-0.2, -0.15) is 0 Å². The molecule has 0 heterocycles. The van der Waals surface area contributed by atoms with E-state index in [9.17, 15) is 9.59 Å². The highest BCUT2D eigenvalue weighted by Crippen LogP contribution is 2.21. The fraction of sp³-hybridized carbons (Fsp3) is 0.704. The van der Waals surface area contributed by atoms with Gasteiger partial charge in [-0.15, -0.1) is 0 Å². The summed E-state index contributed by atoms with van der Waals surface area (Å²) in [5, 5.41) is 8.74. The second-order valence-electron chi connectivity index (χ2n) is 8.79. The van der Waals surface area contributed by atoms with Gasteiger partial charge in [0.05, 0.1) is 12.7 Å². The molecule has 0 spiro atoms. The average Bonchev–Trinajstić information content (AvgIpc) is 2.76. The molecule has 5 nitrogen and oxygen atoms in total. The summed E-state index contributed by atoms with van der Waals surface area (Å²) in [7, 11) is 0. The quantitative estimate of drug-likeness (QED) is 0.171. The van der Waals surface area contributed by atoms with Crippen molar-refractivity contribution in [3.63, 3.8) is 0 Å². The molecule has 0 saturated heterocycles. The second kappa shape index (κ2) is 18.7. The van der Waals surface area contributed by atoms with E-state index in [1.165, 1.54) is 32.6 Å². The van der Waals surface area contributed by atoms with Gasteiger partial charge in [0.2, 0.25) is 0 Å². The average molecular weight is 449 g/mol. The third-order valence-electron chi connectivity index (χ3n) is 5.73. The van der Waals surface area contributed by atoms with Crippen molar-refractivity contribution >= 4 is 11.9 Å². The van der Waals surface area contributed by atoms with E-state index in [1.807, 2.05) is 18.2 Å². The molecule has 0 radical (unpaired) electrons. The SMILES string of the molecule is CCCCCCCC(CC(CCCCCCCC(=O)O)OCc1ccccc1)OC(C)=O.